The number of unbranched alkanes of at least 4 members (excludes halogenated alkanes) is 12. The van der Waals surface area contributed by atoms with E-state index in [9.17, 15) is 29.1 Å². The number of hydroxylamine groups is 2. The van der Waals surface area contributed by atoms with Gasteiger partial charge < -0.3 is 15.3 Å². The molecule has 0 radical (unpaired) electrons. The Kier molecular flexibility index (Phi) is 15.6. The predicted octanol–water partition coefficient (Wildman–Crippen LogP) is 4.42. The largest absolute Gasteiger partial charge is 0.480 e. The highest BCUT2D eigenvalue weighted by atomic mass is 16.7. The fourth-order valence-electron chi connectivity index (χ4n) is 3.89. The molecule has 1 atom stereocenters. The molecule has 1 aliphatic heterocycles. The average Bonchev–Trinajstić information content (AvgIpc) is 3.11. The Balaban J connectivity index is 2.08. The van der Waals surface area contributed by atoms with Crippen LogP contribution in [0.5, 0.6) is 0 Å². The number of aliphatic carboxylic acids is 1. The summed E-state index contributed by atoms with van der Waals surface area (Å²) in [5.74, 6) is -3.70. The van der Waals surface area contributed by atoms with Gasteiger partial charge in [0.2, 0.25) is 5.91 Å². The van der Waals surface area contributed by atoms with Crippen molar-refractivity contribution < 1.29 is 33.9 Å². The molecule has 194 valence electrons. The van der Waals surface area contributed by atoms with Gasteiger partial charge in [-0.2, -0.15) is 0 Å². The summed E-state index contributed by atoms with van der Waals surface area (Å²) >= 11 is 0. The molecule has 1 aliphatic rings. The Bertz CT molecular complexity index is 650. The maximum absolute atomic E-state index is 12.1. The smallest absolute Gasteiger partial charge is 0.333 e. The van der Waals surface area contributed by atoms with E-state index < -0.39 is 29.8 Å². The third kappa shape index (κ3) is 13.3. The molecular formula is C25H42N2O7. The number of carbonyl (C=O) groups is 5. The topological polar surface area (TPSA) is 130 Å². The van der Waals surface area contributed by atoms with E-state index in [0.717, 1.165) is 19.3 Å². The van der Waals surface area contributed by atoms with Crippen molar-refractivity contribution >= 4 is 29.7 Å². The molecule has 0 aromatic carbocycles. The highest BCUT2D eigenvalue weighted by Crippen LogP contribution is 2.14. The van der Waals surface area contributed by atoms with E-state index in [1.54, 1.807) is 0 Å². The number of amides is 3. The monoisotopic (exact) mass is 482 g/mol. The van der Waals surface area contributed by atoms with Gasteiger partial charge in [-0.1, -0.05) is 84.0 Å². The molecule has 1 unspecified atom stereocenters. The summed E-state index contributed by atoms with van der Waals surface area (Å²) in [6.07, 6.45) is 15.3. The zero-order chi connectivity index (χ0) is 25.2. The maximum atomic E-state index is 12.1. The molecule has 0 aromatic rings. The Morgan fingerprint density at radius 1 is 0.824 bits per heavy atom. The minimum absolute atomic E-state index is 0.0148. The van der Waals surface area contributed by atoms with Gasteiger partial charge in [0.05, 0.1) is 6.42 Å². The highest BCUT2D eigenvalue weighted by Gasteiger charge is 2.33. The molecule has 1 saturated heterocycles. The first kappa shape index (κ1) is 29.6. The molecule has 9 nitrogen and oxygen atoms in total. The molecule has 0 aliphatic carbocycles. The molecule has 0 aromatic heterocycles. The second kappa shape index (κ2) is 18.0. The molecule has 9 heteroatoms. The zero-order valence-electron chi connectivity index (χ0n) is 20.6. The lowest BCUT2D eigenvalue weighted by atomic mass is 10.0. The second-order valence-corrected chi connectivity index (χ2v) is 9.03. The number of nitrogens with one attached hydrogen (secondary N) is 1. The van der Waals surface area contributed by atoms with Crippen LogP contribution in [-0.4, -0.2) is 45.9 Å². The molecule has 34 heavy (non-hydrogen) atoms. The van der Waals surface area contributed by atoms with Crippen LogP contribution in [0.1, 0.15) is 122 Å². The number of rotatable bonds is 20. The number of imide groups is 1. The van der Waals surface area contributed by atoms with Crippen LogP contribution in [0.4, 0.5) is 0 Å². The summed E-state index contributed by atoms with van der Waals surface area (Å²) in [5, 5.41) is 12.2. The van der Waals surface area contributed by atoms with Crippen LogP contribution in [-0.2, 0) is 28.8 Å². The molecule has 0 saturated carbocycles. The van der Waals surface area contributed by atoms with E-state index in [4.69, 9.17) is 4.84 Å². The SMILES string of the molecule is CCCCCCCCCCCCCCCC(=O)NC(CCC(=O)ON1C(=O)CCC1=O)C(=O)O. The van der Waals surface area contributed by atoms with Gasteiger partial charge in [0.25, 0.3) is 11.8 Å². The van der Waals surface area contributed by atoms with Crippen LogP contribution in [0.25, 0.3) is 0 Å². The molecule has 2 N–H and O–H groups in total. The van der Waals surface area contributed by atoms with Gasteiger partial charge in [-0.15, -0.1) is 5.06 Å². The minimum Gasteiger partial charge on any atom is -0.480 e. The Hall–Kier alpha value is -2.45. The molecule has 1 rings (SSSR count). The van der Waals surface area contributed by atoms with Gasteiger partial charge in [0.15, 0.2) is 0 Å². The van der Waals surface area contributed by atoms with Gasteiger partial charge in [-0.3, -0.25) is 14.4 Å². The lowest BCUT2D eigenvalue weighted by Crippen LogP contribution is -2.41. The normalized spacial score (nSPS) is 14.3. The van der Waals surface area contributed by atoms with E-state index in [2.05, 4.69) is 12.2 Å². The minimum atomic E-state index is -1.25. The van der Waals surface area contributed by atoms with Crippen LogP contribution in [0.3, 0.4) is 0 Å². The molecule has 0 spiro atoms. The van der Waals surface area contributed by atoms with Crippen LogP contribution in [0, 0.1) is 0 Å². The number of carboxylic acids is 1. The predicted molar refractivity (Wildman–Crippen MR) is 126 cm³/mol. The van der Waals surface area contributed by atoms with Crippen LogP contribution in [0.2, 0.25) is 0 Å². The summed E-state index contributed by atoms with van der Waals surface area (Å²) in [6.45, 7) is 2.23. The van der Waals surface area contributed by atoms with E-state index in [-0.39, 0.29) is 38.0 Å². The fourth-order valence-corrected chi connectivity index (χ4v) is 3.89. The Morgan fingerprint density at radius 2 is 1.29 bits per heavy atom. The average molecular weight is 483 g/mol. The van der Waals surface area contributed by atoms with Crippen molar-refractivity contribution in [1.29, 1.82) is 0 Å². The first-order valence-corrected chi connectivity index (χ1v) is 12.9. The van der Waals surface area contributed by atoms with Crippen LogP contribution < -0.4 is 5.32 Å². The van der Waals surface area contributed by atoms with Gasteiger partial charge in [-0.05, 0) is 12.8 Å². The van der Waals surface area contributed by atoms with E-state index in [1.807, 2.05) is 0 Å². The highest BCUT2D eigenvalue weighted by molar-refractivity contribution is 6.01. The van der Waals surface area contributed by atoms with Crippen molar-refractivity contribution in [2.24, 2.45) is 0 Å². The standard InChI is InChI=1S/C25H42N2O7/c1-2-3-4-5-6-7-8-9-10-11-12-13-14-15-21(28)26-20(25(32)33)16-19-24(31)34-27-22(29)17-18-23(27)30/h20H,2-19H2,1H3,(H,26,28)(H,32,33). The maximum Gasteiger partial charge on any atom is 0.333 e. The zero-order valence-corrected chi connectivity index (χ0v) is 20.6. The van der Waals surface area contributed by atoms with Crippen molar-refractivity contribution in [2.75, 3.05) is 0 Å². The summed E-state index contributed by atoms with van der Waals surface area (Å²) in [4.78, 5) is 62.9. The van der Waals surface area contributed by atoms with Gasteiger partial charge in [0, 0.05) is 19.3 Å². The summed E-state index contributed by atoms with van der Waals surface area (Å²) < 4.78 is 0. The van der Waals surface area contributed by atoms with Gasteiger partial charge in [0.1, 0.15) is 6.04 Å². The number of hydrogen-bond donors (Lipinski definition) is 2. The lowest BCUT2D eigenvalue weighted by molar-refractivity contribution is -0.197. The number of hydrogen-bond acceptors (Lipinski definition) is 6. The number of nitrogens with zero attached hydrogens (tertiary/aromatic N) is 1. The van der Waals surface area contributed by atoms with Crippen molar-refractivity contribution in [1.82, 2.24) is 10.4 Å². The molecule has 1 fully saturated rings. The van der Waals surface area contributed by atoms with Crippen molar-refractivity contribution in [3.63, 3.8) is 0 Å². The van der Waals surface area contributed by atoms with E-state index in [0.29, 0.717) is 11.5 Å². The molecule has 3 amide bonds. The van der Waals surface area contributed by atoms with Crippen molar-refractivity contribution in [3.8, 4) is 0 Å². The molecular weight excluding hydrogens is 440 g/mol. The van der Waals surface area contributed by atoms with Gasteiger partial charge in [-0.25, -0.2) is 9.59 Å². The first-order valence-electron chi connectivity index (χ1n) is 12.9. The van der Waals surface area contributed by atoms with Crippen molar-refractivity contribution in [2.45, 2.75) is 129 Å². The second-order valence-electron chi connectivity index (χ2n) is 9.03. The summed E-state index contributed by atoms with van der Waals surface area (Å²) in [6, 6.07) is -1.23. The quantitative estimate of drug-likeness (QED) is 0.194. The summed E-state index contributed by atoms with van der Waals surface area (Å²) in [7, 11) is 0. The van der Waals surface area contributed by atoms with Crippen molar-refractivity contribution in [3.05, 3.63) is 0 Å². The van der Waals surface area contributed by atoms with E-state index >= 15 is 0 Å². The number of carbonyl (C=O) groups excluding carboxylic acids is 4. The molecule has 0 bridgehead atoms. The first-order chi connectivity index (χ1) is 16.3. The lowest BCUT2D eigenvalue weighted by Gasteiger charge is -2.16. The molecule has 1 heterocycles. The van der Waals surface area contributed by atoms with Crippen LogP contribution in [0.15, 0.2) is 0 Å². The number of carboxylic acid groups (broad SMARTS) is 1. The van der Waals surface area contributed by atoms with E-state index in [1.165, 1.54) is 57.8 Å². The van der Waals surface area contributed by atoms with Gasteiger partial charge >= 0.3 is 11.9 Å². The third-order valence-corrected chi connectivity index (χ3v) is 5.98. The fraction of sp³-hybridized carbons (Fsp3) is 0.800. The van der Waals surface area contributed by atoms with Crippen LogP contribution >= 0.6 is 0 Å². The Morgan fingerprint density at radius 3 is 1.76 bits per heavy atom. The Labute approximate surface area is 202 Å². The third-order valence-electron chi connectivity index (χ3n) is 5.98. The summed E-state index contributed by atoms with van der Waals surface area (Å²) in [5.41, 5.74) is 0.